The molecule has 0 saturated heterocycles. The minimum Gasteiger partial charge on any atom is -0.355 e. The lowest BCUT2D eigenvalue weighted by atomic mass is 10.2. The third-order valence-corrected chi connectivity index (χ3v) is 6.09. The van der Waals surface area contributed by atoms with E-state index >= 15 is 0 Å². The highest BCUT2D eigenvalue weighted by molar-refractivity contribution is 9.10. The molecule has 0 aliphatic carbocycles. The maximum Gasteiger partial charge on any atom is 0.241 e. The van der Waals surface area contributed by atoms with Crippen LogP contribution in [0, 0.1) is 0 Å². The Morgan fingerprint density at radius 3 is 2.50 bits per heavy atom. The zero-order chi connectivity index (χ0) is 18.0. The van der Waals surface area contributed by atoms with Crippen LogP contribution in [0.4, 0.5) is 0 Å². The van der Waals surface area contributed by atoms with Crippen molar-refractivity contribution >= 4 is 43.6 Å². The second-order valence-corrected chi connectivity index (χ2v) is 9.02. The fourth-order valence-corrected chi connectivity index (χ4v) is 4.02. The number of carbonyl (C=O) groups is 1. The van der Waals surface area contributed by atoms with Crippen LogP contribution in [0.25, 0.3) is 0 Å². The van der Waals surface area contributed by atoms with Crippen molar-refractivity contribution in [3.63, 3.8) is 0 Å². The number of thioether (sulfide) groups is 1. The van der Waals surface area contributed by atoms with Crippen molar-refractivity contribution in [2.45, 2.75) is 43.5 Å². The minimum atomic E-state index is -3.73. The highest BCUT2D eigenvalue weighted by Crippen LogP contribution is 2.15. The van der Waals surface area contributed by atoms with Crippen molar-refractivity contribution in [3.8, 4) is 0 Å². The summed E-state index contributed by atoms with van der Waals surface area (Å²) in [5.74, 6) is 0.441. The fourth-order valence-electron chi connectivity index (χ4n) is 2.06. The molecule has 1 aromatic rings. The number of amides is 1. The summed E-state index contributed by atoms with van der Waals surface area (Å²) in [7, 11) is -3.73. The molecule has 2 N–H and O–H groups in total. The number of unbranched alkanes of at least 4 members (excludes halogenated alkanes) is 2. The summed E-state index contributed by atoms with van der Waals surface area (Å²) in [6.07, 6.45) is 5.40. The molecule has 136 valence electrons. The van der Waals surface area contributed by atoms with Crippen molar-refractivity contribution in [1.82, 2.24) is 10.0 Å². The first-order chi connectivity index (χ1) is 11.4. The monoisotopic (exact) mass is 436 g/mol. The topological polar surface area (TPSA) is 75.3 Å². The van der Waals surface area contributed by atoms with Gasteiger partial charge in [-0.2, -0.15) is 16.5 Å². The smallest absolute Gasteiger partial charge is 0.241 e. The van der Waals surface area contributed by atoms with E-state index < -0.39 is 16.1 Å². The normalized spacial score (nSPS) is 12.8. The molecule has 1 aromatic carbocycles. The third kappa shape index (κ3) is 7.55. The van der Waals surface area contributed by atoms with Gasteiger partial charge >= 0.3 is 0 Å². The van der Waals surface area contributed by atoms with E-state index in [1.54, 1.807) is 23.9 Å². The highest BCUT2D eigenvalue weighted by Gasteiger charge is 2.25. The van der Waals surface area contributed by atoms with Crippen LogP contribution in [0.1, 0.15) is 32.6 Å². The molecule has 8 heteroatoms. The Hall–Kier alpha value is -0.570. The molecule has 0 radical (unpaired) electrons. The number of rotatable bonds is 11. The van der Waals surface area contributed by atoms with Crippen molar-refractivity contribution in [1.29, 1.82) is 0 Å². The van der Waals surface area contributed by atoms with Crippen LogP contribution in [0.15, 0.2) is 33.6 Å². The second kappa shape index (κ2) is 11.1. The first-order valence-electron chi connectivity index (χ1n) is 7.95. The Bertz CT molecular complexity index is 606. The molecule has 0 bridgehead atoms. The third-order valence-electron chi connectivity index (χ3n) is 3.43. The zero-order valence-corrected chi connectivity index (χ0v) is 17.3. The molecule has 1 rings (SSSR count). The molecule has 0 aromatic heterocycles. The van der Waals surface area contributed by atoms with Crippen molar-refractivity contribution in [3.05, 3.63) is 28.7 Å². The van der Waals surface area contributed by atoms with E-state index in [1.807, 2.05) is 6.26 Å². The summed E-state index contributed by atoms with van der Waals surface area (Å²) in [6.45, 7) is 2.66. The van der Waals surface area contributed by atoms with Crippen LogP contribution < -0.4 is 10.0 Å². The molecule has 1 unspecified atom stereocenters. The predicted molar refractivity (Wildman–Crippen MR) is 104 cm³/mol. The van der Waals surface area contributed by atoms with Crippen LogP contribution >= 0.6 is 27.7 Å². The fraction of sp³-hybridized carbons (Fsp3) is 0.562. The van der Waals surface area contributed by atoms with E-state index in [0.29, 0.717) is 18.7 Å². The zero-order valence-electron chi connectivity index (χ0n) is 14.0. The Morgan fingerprint density at radius 1 is 1.25 bits per heavy atom. The molecule has 0 aliphatic heterocycles. The molecule has 1 amide bonds. The summed E-state index contributed by atoms with van der Waals surface area (Å²) in [5, 5.41) is 2.83. The maximum atomic E-state index is 12.5. The van der Waals surface area contributed by atoms with Crippen LogP contribution in [0.3, 0.4) is 0 Å². The van der Waals surface area contributed by atoms with Gasteiger partial charge in [0.05, 0.1) is 4.90 Å². The highest BCUT2D eigenvalue weighted by atomic mass is 79.9. The van der Waals surface area contributed by atoms with Crippen LogP contribution in [-0.2, 0) is 14.8 Å². The molecular weight excluding hydrogens is 412 g/mol. The molecule has 0 spiro atoms. The summed E-state index contributed by atoms with van der Waals surface area (Å²) >= 11 is 4.86. The first kappa shape index (κ1) is 21.5. The van der Waals surface area contributed by atoms with E-state index in [9.17, 15) is 13.2 Å². The lowest BCUT2D eigenvalue weighted by Crippen LogP contribution is -2.47. The van der Waals surface area contributed by atoms with Gasteiger partial charge in [0.1, 0.15) is 6.04 Å². The number of nitrogens with one attached hydrogen (secondary N) is 2. The van der Waals surface area contributed by atoms with E-state index in [1.165, 1.54) is 12.1 Å². The summed E-state index contributed by atoms with van der Waals surface area (Å²) in [4.78, 5) is 12.5. The van der Waals surface area contributed by atoms with E-state index in [0.717, 1.165) is 23.7 Å². The van der Waals surface area contributed by atoms with Crippen molar-refractivity contribution < 1.29 is 13.2 Å². The largest absolute Gasteiger partial charge is 0.355 e. The number of carbonyl (C=O) groups excluding carboxylic acids is 1. The standard InChI is InChI=1S/C16H25BrN2O3S2/c1-3-4-5-11-18-16(20)15(10-12-23-2)19-24(21,22)14-8-6-13(17)7-9-14/h6-9,15,19H,3-5,10-12H2,1-2H3,(H,18,20). The molecule has 0 fully saturated rings. The van der Waals surface area contributed by atoms with E-state index in [4.69, 9.17) is 0 Å². The van der Waals surface area contributed by atoms with Gasteiger partial charge in [0.2, 0.25) is 15.9 Å². The Labute approximate surface area is 157 Å². The second-order valence-electron chi connectivity index (χ2n) is 5.41. The molecule has 24 heavy (non-hydrogen) atoms. The van der Waals surface area contributed by atoms with Crippen molar-refractivity contribution in [2.75, 3.05) is 18.6 Å². The summed E-state index contributed by atoms with van der Waals surface area (Å²) < 4.78 is 28.3. The number of hydrogen-bond acceptors (Lipinski definition) is 4. The van der Waals surface area contributed by atoms with E-state index in [-0.39, 0.29) is 10.8 Å². The van der Waals surface area contributed by atoms with Gasteiger partial charge in [-0.1, -0.05) is 35.7 Å². The SMILES string of the molecule is CCCCCNC(=O)C(CCSC)NS(=O)(=O)c1ccc(Br)cc1. The van der Waals surface area contributed by atoms with Gasteiger partial charge < -0.3 is 5.32 Å². The average molecular weight is 437 g/mol. The van der Waals surface area contributed by atoms with Gasteiger partial charge in [-0.25, -0.2) is 8.42 Å². The van der Waals surface area contributed by atoms with E-state index in [2.05, 4.69) is 32.9 Å². The minimum absolute atomic E-state index is 0.152. The number of sulfonamides is 1. The van der Waals surface area contributed by atoms with Crippen LogP contribution in [0.2, 0.25) is 0 Å². The average Bonchev–Trinajstić information content (AvgIpc) is 2.55. The molecule has 0 saturated carbocycles. The lowest BCUT2D eigenvalue weighted by molar-refractivity contribution is -0.122. The van der Waals surface area contributed by atoms with Gasteiger partial charge in [-0.15, -0.1) is 0 Å². The molecular formula is C16H25BrN2O3S2. The van der Waals surface area contributed by atoms with Crippen LogP contribution in [0.5, 0.6) is 0 Å². The van der Waals surface area contributed by atoms with Crippen molar-refractivity contribution in [2.24, 2.45) is 0 Å². The van der Waals surface area contributed by atoms with Gasteiger partial charge in [0, 0.05) is 11.0 Å². The Balaban J connectivity index is 2.76. The number of hydrogen-bond donors (Lipinski definition) is 2. The molecule has 5 nitrogen and oxygen atoms in total. The first-order valence-corrected chi connectivity index (χ1v) is 11.6. The maximum absolute atomic E-state index is 12.5. The van der Waals surface area contributed by atoms with Gasteiger partial charge in [-0.3, -0.25) is 4.79 Å². The molecule has 0 aliphatic rings. The Kier molecular flexibility index (Phi) is 9.95. The van der Waals surface area contributed by atoms with Crippen LogP contribution in [-0.4, -0.2) is 38.9 Å². The molecule has 0 heterocycles. The summed E-state index contributed by atoms with van der Waals surface area (Å²) in [6, 6.07) is 5.59. The number of benzene rings is 1. The number of halogens is 1. The van der Waals surface area contributed by atoms with Gasteiger partial charge in [0.15, 0.2) is 0 Å². The molecule has 1 atom stereocenters. The van der Waals surface area contributed by atoms with Gasteiger partial charge in [0.25, 0.3) is 0 Å². The quantitative estimate of drug-likeness (QED) is 0.522. The lowest BCUT2D eigenvalue weighted by Gasteiger charge is -2.18. The van der Waals surface area contributed by atoms with Gasteiger partial charge in [-0.05, 0) is 49.1 Å². The Morgan fingerprint density at radius 2 is 1.92 bits per heavy atom. The predicted octanol–water partition coefficient (Wildman–Crippen LogP) is 3.16. The summed E-state index contributed by atoms with van der Waals surface area (Å²) in [5.41, 5.74) is 0.